The largest absolute Gasteiger partial charge is 0.737 e. The van der Waals surface area contributed by atoms with Gasteiger partial charge in [0, 0.05) is 36.5 Å². The van der Waals surface area contributed by atoms with Crippen molar-refractivity contribution in [3.63, 3.8) is 0 Å². The van der Waals surface area contributed by atoms with Crippen LogP contribution in [0.5, 0.6) is 0 Å². The van der Waals surface area contributed by atoms with Gasteiger partial charge >= 0.3 is 12.9 Å². The summed E-state index contributed by atoms with van der Waals surface area (Å²) in [6.45, 7) is -4.65. The molecule has 2 aromatic heterocycles. The number of carbonyl (C=O) groups excluding carboxylic acids is 1. The quantitative estimate of drug-likeness (QED) is 0.659. The molecule has 144 valence electrons. The Morgan fingerprint density at radius 3 is 2.79 bits per heavy atom. The topological polar surface area (TPSA) is 90.1 Å². The SMILES string of the molecule is O=C(O)CNC(=O)CCc1ccc2n1[B-](F)(F)[N+]1=C(c3ccc[nH]3)C=CC1=C2. The maximum absolute atomic E-state index is 15.5. The van der Waals surface area contributed by atoms with Gasteiger partial charge in [-0.15, -0.1) is 0 Å². The third-order valence-corrected chi connectivity index (χ3v) is 4.82. The van der Waals surface area contributed by atoms with Gasteiger partial charge < -0.3 is 33.0 Å². The molecule has 0 radical (unpaired) electrons. The summed E-state index contributed by atoms with van der Waals surface area (Å²) in [7, 11) is 0. The van der Waals surface area contributed by atoms with Crippen molar-refractivity contribution in [1.82, 2.24) is 14.8 Å². The molecular weight excluding hydrogens is 369 g/mol. The van der Waals surface area contributed by atoms with Crippen molar-refractivity contribution in [2.24, 2.45) is 0 Å². The van der Waals surface area contributed by atoms with Crippen LogP contribution in [0.3, 0.4) is 0 Å². The Kier molecular flexibility index (Phi) is 4.25. The van der Waals surface area contributed by atoms with E-state index in [4.69, 9.17) is 5.11 Å². The number of aliphatic carboxylic acids is 1. The van der Waals surface area contributed by atoms with E-state index in [1.54, 1.807) is 48.7 Å². The van der Waals surface area contributed by atoms with Gasteiger partial charge in [0.25, 0.3) is 0 Å². The molecule has 0 fully saturated rings. The van der Waals surface area contributed by atoms with Gasteiger partial charge in [0.05, 0.1) is 0 Å². The van der Waals surface area contributed by atoms with Crippen molar-refractivity contribution in [3.8, 4) is 0 Å². The van der Waals surface area contributed by atoms with Crippen LogP contribution in [0.25, 0.3) is 6.08 Å². The number of nitrogens with one attached hydrogen (secondary N) is 2. The molecule has 0 bridgehead atoms. The van der Waals surface area contributed by atoms with Crippen molar-refractivity contribution in [2.75, 3.05) is 6.54 Å². The van der Waals surface area contributed by atoms with Crippen molar-refractivity contribution < 1.29 is 27.8 Å². The second-order valence-corrected chi connectivity index (χ2v) is 6.62. The molecule has 0 unspecified atom stereocenters. The fraction of sp³-hybridized carbons (Fsp3) is 0.167. The van der Waals surface area contributed by atoms with Crippen LogP contribution in [-0.4, -0.2) is 50.2 Å². The Labute approximate surface area is 158 Å². The standard InChI is InChI=1S/C18H17BF2N4O3/c20-19(21)24-12(6-8-17(26)23-11-18(27)28)3-4-13(24)10-14-5-7-16(25(14)19)15-2-1-9-22-15/h1-5,7,9-10,22H,6,8,11H2,(H,23,26)(H,27,28). The Bertz CT molecular complexity index is 1050. The zero-order valence-electron chi connectivity index (χ0n) is 14.7. The monoisotopic (exact) mass is 386 g/mol. The Balaban J connectivity index is 1.64. The number of rotatable bonds is 6. The number of aromatic amines is 1. The minimum Gasteiger partial charge on any atom is -0.480 e. The number of aromatic nitrogens is 2. The molecule has 10 heteroatoms. The molecule has 0 saturated carbocycles. The minimum absolute atomic E-state index is 0.0745. The fourth-order valence-corrected chi connectivity index (χ4v) is 3.62. The Morgan fingerprint density at radius 1 is 1.25 bits per heavy atom. The molecule has 0 saturated heterocycles. The maximum Gasteiger partial charge on any atom is 0.737 e. The van der Waals surface area contributed by atoms with Gasteiger partial charge in [0.15, 0.2) is 11.4 Å². The van der Waals surface area contributed by atoms with Gasteiger partial charge in [-0.25, -0.2) is 0 Å². The molecule has 3 N–H and O–H groups in total. The number of aryl methyl sites for hydroxylation is 1. The number of nitrogens with zero attached hydrogens (tertiary/aromatic N) is 2. The number of fused-ring (bicyclic) bond motifs is 2. The van der Waals surface area contributed by atoms with Crippen LogP contribution < -0.4 is 5.32 Å². The molecule has 0 aromatic carbocycles. The fourth-order valence-electron chi connectivity index (χ4n) is 3.62. The van der Waals surface area contributed by atoms with Gasteiger partial charge in [0.2, 0.25) is 5.91 Å². The summed E-state index contributed by atoms with van der Waals surface area (Å²) in [5, 5.41) is 10.8. The molecular formula is C18H17BF2N4O3. The summed E-state index contributed by atoms with van der Waals surface area (Å²) in [5.41, 5.74) is 2.07. The van der Waals surface area contributed by atoms with Crippen LogP contribution >= 0.6 is 0 Å². The summed E-state index contributed by atoms with van der Waals surface area (Å²) < 4.78 is 33.0. The van der Waals surface area contributed by atoms with Crippen molar-refractivity contribution in [2.45, 2.75) is 12.8 Å². The number of carbonyl (C=O) groups is 2. The van der Waals surface area contributed by atoms with E-state index in [-0.39, 0.29) is 12.8 Å². The molecule has 4 heterocycles. The third kappa shape index (κ3) is 2.96. The summed E-state index contributed by atoms with van der Waals surface area (Å²) >= 11 is 0. The lowest BCUT2D eigenvalue weighted by molar-refractivity contribution is -0.360. The van der Waals surface area contributed by atoms with E-state index in [0.29, 0.717) is 28.5 Å². The van der Waals surface area contributed by atoms with Crippen LogP contribution in [0.1, 0.15) is 23.5 Å². The second-order valence-electron chi connectivity index (χ2n) is 6.62. The predicted octanol–water partition coefficient (Wildman–Crippen LogP) is 1.60. The zero-order valence-corrected chi connectivity index (χ0v) is 14.7. The Morgan fingerprint density at radius 2 is 2.07 bits per heavy atom. The van der Waals surface area contributed by atoms with Crippen LogP contribution in [0, 0.1) is 0 Å². The highest BCUT2D eigenvalue weighted by atomic mass is 19.2. The van der Waals surface area contributed by atoms with Crippen molar-refractivity contribution in [1.29, 1.82) is 0 Å². The number of hydrogen-bond acceptors (Lipinski definition) is 2. The molecule has 0 spiro atoms. The van der Waals surface area contributed by atoms with Gasteiger partial charge in [-0.05, 0) is 36.4 Å². The number of hydrogen-bond donors (Lipinski definition) is 3. The summed E-state index contributed by atoms with van der Waals surface area (Å²) in [5.74, 6) is -1.66. The van der Waals surface area contributed by atoms with Crippen LogP contribution in [0.4, 0.5) is 8.63 Å². The van der Waals surface area contributed by atoms with Crippen molar-refractivity contribution in [3.05, 3.63) is 65.4 Å². The number of carboxylic acid groups (broad SMARTS) is 1. The number of amides is 1. The van der Waals surface area contributed by atoms with Gasteiger partial charge in [-0.1, -0.05) is 0 Å². The lowest BCUT2D eigenvalue weighted by Gasteiger charge is -2.30. The van der Waals surface area contributed by atoms with Crippen LogP contribution in [-0.2, 0) is 16.0 Å². The average molecular weight is 386 g/mol. The molecule has 7 nitrogen and oxygen atoms in total. The zero-order chi connectivity index (χ0) is 19.9. The molecule has 1 amide bonds. The van der Waals surface area contributed by atoms with E-state index in [2.05, 4.69) is 10.3 Å². The van der Waals surface area contributed by atoms with Gasteiger partial charge in [-0.2, -0.15) is 0 Å². The maximum atomic E-state index is 15.5. The molecule has 2 aromatic rings. The number of H-pyrrole nitrogens is 1. The lowest BCUT2D eigenvalue weighted by Crippen LogP contribution is -2.51. The first kappa shape index (κ1) is 18.0. The van der Waals surface area contributed by atoms with Crippen LogP contribution in [0.15, 0.2) is 48.3 Å². The molecule has 0 aliphatic carbocycles. The first-order chi connectivity index (χ1) is 13.4. The number of allylic oxidation sites excluding steroid dienone is 2. The third-order valence-electron chi connectivity index (χ3n) is 4.82. The van der Waals surface area contributed by atoms with Gasteiger partial charge in [0.1, 0.15) is 12.2 Å². The second kappa shape index (κ2) is 6.63. The molecule has 2 aliphatic heterocycles. The van der Waals surface area contributed by atoms with Crippen LogP contribution in [0.2, 0.25) is 0 Å². The number of halogens is 2. The minimum atomic E-state index is -4.15. The van der Waals surface area contributed by atoms with E-state index in [0.717, 1.165) is 8.96 Å². The van der Waals surface area contributed by atoms with E-state index in [9.17, 15) is 9.59 Å². The highest BCUT2D eigenvalue weighted by Gasteiger charge is 2.52. The highest BCUT2D eigenvalue weighted by Crippen LogP contribution is 2.33. The molecule has 28 heavy (non-hydrogen) atoms. The average Bonchev–Trinajstić information content (AvgIpc) is 3.37. The van der Waals surface area contributed by atoms with E-state index in [1.807, 2.05) is 0 Å². The number of carboxylic acids is 1. The van der Waals surface area contributed by atoms with E-state index in [1.165, 1.54) is 0 Å². The van der Waals surface area contributed by atoms with E-state index < -0.39 is 25.4 Å². The first-order valence-corrected chi connectivity index (χ1v) is 8.79. The molecule has 0 atom stereocenters. The summed E-state index contributed by atoms with van der Waals surface area (Å²) in [4.78, 5) is 25.2. The normalized spacial score (nSPS) is 16.6. The van der Waals surface area contributed by atoms with E-state index >= 15 is 8.63 Å². The summed E-state index contributed by atoms with van der Waals surface area (Å²) in [6.07, 6.45) is 6.66. The smallest absolute Gasteiger partial charge is 0.480 e. The van der Waals surface area contributed by atoms with Gasteiger partial charge in [-0.3, -0.25) is 9.59 Å². The summed E-state index contributed by atoms with van der Waals surface area (Å²) in [6, 6.07) is 6.65. The van der Waals surface area contributed by atoms with Crippen molar-refractivity contribution >= 4 is 30.6 Å². The lowest BCUT2D eigenvalue weighted by atomic mass is 9.90. The first-order valence-electron chi connectivity index (χ1n) is 8.79. The Hall–Kier alpha value is -3.43. The molecule has 2 aliphatic rings. The molecule has 4 rings (SSSR count). The highest BCUT2D eigenvalue weighted by molar-refractivity contribution is 6.58. The predicted molar refractivity (Wildman–Crippen MR) is 99.0 cm³/mol.